The molecule has 22 heavy (non-hydrogen) atoms. The van der Waals surface area contributed by atoms with Gasteiger partial charge in [0.25, 0.3) is 0 Å². The summed E-state index contributed by atoms with van der Waals surface area (Å²) in [6.07, 6.45) is 0.749. The lowest BCUT2D eigenvalue weighted by Crippen LogP contribution is -2.19. The Bertz CT molecular complexity index is 597. The van der Waals surface area contributed by atoms with Crippen molar-refractivity contribution in [2.45, 2.75) is 6.42 Å². The minimum absolute atomic E-state index is 0.220. The van der Waals surface area contributed by atoms with E-state index >= 15 is 0 Å². The lowest BCUT2D eigenvalue weighted by Gasteiger charge is -2.12. The van der Waals surface area contributed by atoms with Crippen LogP contribution in [-0.2, 0) is 6.42 Å². The summed E-state index contributed by atoms with van der Waals surface area (Å²) < 4.78 is 19.7. The number of benzene rings is 2. The Hall–Kier alpha value is -1.91. The van der Waals surface area contributed by atoms with Crippen LogP contribution < -0.4 is 10.5 Å². The van der Waals surface area contributed by atoms with Crippen molar-refractivity contribution >= 4 is 0 Å². The molecule has 0 fully saturated rings. The van der Waals surface area contributed by atoms with Gasteiger partial charge in [0, 0.05) is 12.1 Å². The molecule has 2 N–H and O–H groups in total. The Balaban J connectivity index is 2.11. The fraction of sp³-hybridized carbons (Fsp3) is 0.333. The molecular formula is C18H23FN2O. The Labute approximate surface area is 131 Å². The van der Waals surface area contributed by atoms with Gasteiger partial charge in [0.15, 0.2) is 0 Å². The molecule has 0 unspecified atom stereocenters. The van der Waals surface area contributed by atoms with E-state index in [1.807, 2.05) is 44.4 Å². The van der Waals surface area contributed by atoms with Crippen LogP contribution in [0.2, 0.25) is 0 Å². The lowest BCUT2D eigenvalue weighted by atomic mass is 10.0. The smallest absolute Gasteiger partial charge is 0.131 e. The molecule has 0 heterocycles. The zero-order chi connectivity index (χ0) is 15.9. The van der Waals surface area contributed by atoms with Crippen molar-refractivity contribution in [3.05, 3.63) is 53.8 Å². The van der Waals surface area contributed by atoms with Crippen LogP contribution in [0.15, 0.2) is 42.5 Å². The highest BCUT2D eigenvalue weighted by molar-refractivity contribution is 5.65. The zero-order valence-electron chi connectivity index (χ0n) is 13.2. The number of nitrogens with zero attached hydrogens (tertiary/aromatic N) is 1. The van der Waals surface area contributed by atoms with Crippen LogP contribution in [0.1, 0.15) is 5.56 Å². The molecule has 0 aliphatic carbocycles. The first-order chi connectivity index (χ1) is 10.6. The molecule has 2 aromatic carbocycles. The molecule has 3 nitrogen and oxygen atoms in total. The van der Waals surface area contributed by atoms with Gasteiger partial charge in [-0.1, -0.05) is 18.2 Å². The van der Waals surface area contributed by atoms with Gasteiger partial charge in [0.2, 0.25) is 0 Å². The molecule has 4 heteroatoms. The van der Waals surface area contributed by atoms with E-state index in [0.717, 1.165) is 29.8 Å². The number of halogens is 1. The molecule has 0 atom stereocenters. The summed E-state index contributed by atoms with van der Waals surface area (Å²) in [7, 11) is 4.01. The van der Waals surface area contributed by atoms with Gasteiger partial charge in [0.05, 0.1) is 0 Å². The normalized spacial score (nSPS) is 11.0. The van der Waals surface area contributed by atoms with Crippen LogP contribution in [0.25, 0.3) is 11.1 Å². The summed E-state index contributed by atoms with van der Waals surface area (Å²) in [5.74, 6) is 0.575. The summed E-state index contributed by atoms with van der Waals surface area (Å²) in [6, 6.07) is 12.7. The second-order valence-corrected chi connectivity index (χ2v) is 5.53. The van der Waals surface area contributed by atoms with Gasteiger partial charge in [0.1, 0.15) is 18.2 Å². The van der Waals surface area contributed by atoms with Gasteiger partial charge in [-0.15, -0.1) is 0 Å². The quantitative estimate of drug-likeness (QED) is 0.854. The van der Waals surface area contributed by atoms with Crippen molar-refractivity contribution in [1.29, 1.82) is 0 Å². The van der Waals surface area contributed by atoms with E-state index in [1.165, 1.54) is 6.07 Å². The molecule has 0 aliphatic heterocycles. The molecule has 0 amide bonds. The molecule has 0 aliphatic rings. The average Bonchev–Trinajstić information content (AvgIpc) is 2.50. The molecule has 0 saturated carbocycles. The average molecular weight is 302 g/mol. The van der Waals surface area contributed by atoms with E-state index in [-0.39, 0.29) is 5.82 Å². The summed E-state index contributed by atoms with van der Waals surface area (Å²) in [6.45, 7) is 2.05. The molecule has 0 radical (unpaired) electrons. The second-order valence-electron chi connectivity index (χ2n) is 5.53. The lowest BCUT2D eigenvalue weighted by molar-refractivity contribution is 0.261. The van der Waals surface area contributed by atoms with E-state index < -0.39 is 0 Å². The van der Waals surface area contributed by atoms with Crippen LogP contribution in [0.5, 0.6) is 5.75 Å². The van der Waals surface area contributed by atoms with Crippen LogP contribution >= 0.6 is 0 Å². The van der Waals surface area contributed by atoms with Crippen molar-refractivity contribution in [1.82, 2.24) is 4.90 Å². The maximum Gasteiger partial charge on any atom is 0.131 e. The van der Waals surface area contributed by atoms with E-state index in [9.17, 15) is 4.39 Å². The molecule has 118 valence electrons. The van der Waals surface area contributed by atoms with E-state index in [2.05, 4.69) is 4.90 Å². The molecule has 0 aromatic heterocycles. The minimum atomic E-state index is -0.220. The molecular weight excluding hydrogens is 279 g/mol. The number of likely N-dealkylation sites (N-methyl/N-ethyl adjacent to an activating group) is 1. The third-order valence-electron chi connectivity index (χ3n) is 3.44. The van der Waals surface area contributed by atoms with Crippen LogP contribution in [-0.4, -0.2) is 38.7 Å². The number of nitrogens with two attached hydrogens (primary N) is 1. The van der Waals surface area contributed by atoms with Gasteiger partial charge in [-0.25, -0.2) is 4.39 Å². The van der Waals surface area contributed by atoms with Crippen molar-refractivity contribution in [3.63, 3.8) is 0 Å². The SMILES string of the molecule is CN(C)CCOc1ccc(-c2cc(CCN)ccc2F)cc1. The maximum atomic E-state index is 14.0. The first kappa shape index (κ1) is 16.5. The highest BCUT2D eigenvalue weighted by Crippen LogP contribution is 2.26. The Morgan fingerprint density at radius 3 is 2.45 bits per heavy atom. The van der Waals surface area contributed by atoms with Crippen LogP contribution in [0.4, 0.5) is 4.39 Å². The molecule has 2 aromatic rings. The van der Waals surface area contributed by atoms with E-state index in [0.29, 0.717) is 18.7 Å². The van der Waals surface area contributed by atoms with Gasteiger partial charge in [-0.3, -0.25) is 0 Å². The Morgan fingerprint density at radius 2 is 1.82 bits per heavy atom. The van der Waals surface area contributed by atoms with Gasteiger partial charge >= 0.3 is 0 Å². The van der Waals surface area contributed by atoms with Gasteiger partial charge < -0.3 is 15.4 Å². The maximum absolute atomic E-state index is 14.0. The predicted molar refractivity (Wildman–Crippen MR) is 88.6 cm³/mol. The monoisotopic (exact) mass is 302 g/mol. The van der Waals surface area contributed by atoms with E-state index in [4.69, 9.17) is 10.5 Å². The van der Waals surface area contributed by atoms with Crippen LogP contribution in [0, 0.1) is 5.82 Å². The molecule has 2 rings (SSSR count). The Kier molecular flexibility index (Phi) is 5.92. The number of hydrogen-bond acceptors (Lipinski definition) is 3. The topological polar surface area (TPSA) is 38.5 Å². The van der Waals surface area contributed by atoms with Crippen molar-refractivity contribution in [2.75, 3.05) is 33.8 Å². The summed E-state index contributed by atoms with van der Waals surface area (Å²) >= 11 is 0. The first-order valence-corrected chi connectivity index (χ1v) is 7.46. The standard InChI is InChI=1S/C18H23FN2O/c1-21(2)11-12-22-16-6-4-15(5-7-16)17-13-14(9-10-20)3-8-18(17)19/h3-8,13H,9-12,20H2,1-2H3. The highest BCUT2D eigenvalue weighted by Gasteiger charge is 2.07. The second kappa shape index (κ2) is 7.92. The predicted octanol–water partition coefficient (Wildman–Crippen LogP) is 2.93. The summed E-state index contributed by atoms with van der Waals surface area (Å²) in [5.41, 5.74) is 8.05. The molecule has 0 spiro atoms. The summed E-state index contributed by atoms with van der Waals surface area (Å²) in [5, 5.41) is 0. The van der Waals surface area contributed by atoms with Gasteiger partial charge in [-0.2, -0.15) is 0 Å². The third-order valence-corrected chi connectivity index (χ3v) is 3.44. The van der Waals surface area contributed by atoms with Crippen molar-refractivity contribution < 1.29 is 9.13 Å². The fourth-order valence-electron chi connectivity index (χ4n) is 2.19. The molecule has 0 saturated heterocycles. The zero-order valence-corrected chi connectivity index (χ0v) is 13.2. The molecule has 0 bridgehead atoms. The number of rotatable bonds is 7. The Morgan fingerprint density at radius 1 is 1.09 bits per heavy atom. The van der Waals surface area contributed by atoms with Crippen molar-refractivity contribution in [3.8, 4) is 16.9 Å². The highest BCUT2D eigenvalue weighted by atomic mass is 19.1. The van der Waals surface area contributed by atoms with Gasteiger partial charge in [-0.05, 0) is 62.5 Å². The first-order valence-electron chi connectivity index (χ1n) is 7.46. The summed E-state index contributed by atoms with van der Waals surface area (Å²) in [4.78, 5) is 2.06. The van der Waals surface area contributed by atoms with Crippen LogP contribution in [0.3, 0.4) is 0 Å². The number of ether oxygens (including phenoxy) is 1. The number of hydrogen-bond donors (Lipinski definition) is 1. The fourth-order valence-corrected chi connectivity index (χ4v) is 2.19. The largest absolute Gasteiger partial charge is 0.492 e. The van der Waals surface area contributed by atoms with E-state index in [1.54, 1.807) is 6.07 Å². The van der Waals surface area contributed by atoms with Crippen molar-refractivity contribution in [2.24, 2.45) is 5.73 Å². The minimum Gasteiger partial charge on any atom is -0.492 e. The third kappa shape index (κ3) is 4.55.